The summed E-state index contributed by atoms with van der Waals surface area (Å²) in [6, 6.07) is 6.35. The molecule has 0 spiro atoms. The fourth-order valence-corrected chi connectivity index (χ4v) is 2.52. The van der Waals surface area contributed by atoms with Crippen LogP contribution in [-0.4, -0.2) is 40.1 Å². The molecule has 1 amide bonds. The predicted octanol–water partition coefficient (Wildman–Crippen LogP) is 1.56. The molecule has 0 aliphatic rings. The van der Waals surface area contributed by atoms with Gasteiger partial charge < -0.3 is 10.1 Å². The molecule has 0 saturated carbocycles. The predicted molar refractivity (Wildman–Crippen MR) is 81.7 cm³/mol. The summed E-state index contributed by atoms with van der Waals surface area (Å²) < 4.78 is 16.8. The lowest BCUT2D eigenvalue weighted by molar-refractivity contribution is -0.135. The van der Waals surface area contributed by atoms with Crippen molar-refractivity contribution in [1.29, 1.82) is 0 Å². The van der Waals surface area contributed by atoms with Crippen LogP contribution >= 0.6 is 11.6 Å². The van der Waals surface area contributed by atoms with Gasteiger partial charge in [0.1, 0.15) is 0 Å². The SMILES string of the molecule is CCOC(=O)C(C(=O)Nc1ccc(Cl)cc1)=S(C)(C)=O. The number of hydrogen-bond donors (Lipinski definition) is 1. The van der Waals surface area contributed by atoms with E-state index in [-0.39, 0.29) is 11.5 Å². The van der Waals surface area contributed by atoms with Gasteiger partial charge in [-0.3, -0.25) is 9.00 Å². The highest BCUT2D eigenvalue weighted by molar-refractivity contribution is 8.03. The van der Waals surface area contributed by atoms with Gasteiger partial charge >= 0.3 is 5.97 Å². The Kier molecular flexibility index (Phi) is 5.59. The largest absolute Gasteiger partial charge is 0.462 e. The van der Waals surface area contributed by atoms with E-state index in [1.54, 1.807) is 31.2 Å². The third-order valence-electron chi connectivity index (χ3n) is 2.26. The third kappa shape index (κ3) is 4.54. The molecule has 0 aliphatic carbocycles. The summed E-state index contributed by atoms with van der Waals surface area (Å²) in [5, 5.41) is 3.02. The van der Waals surface area contributed by atoms with Crippen molar-refractivity contribution >= 4 is 43.6 Å². The van der Waals surface area contributed by atoms with Crippen molar-refractivity contribution in [3.05, 3.63) is 29.3 Å². The second-order valence-corrected chi connectivity index (χ2v) is 7.55. The monoisotopic (exact) mass is 317 g/mol. The maximum atomic E-state index is 12.1. The molecule has 0 heterocycles. The van der Waals surface area contributed by atoms with Gasteiger partial charge in [-0.05, 0) is 40.7 Å². The minimum atomic E-state index is -2.76. The Balaban J connectivity index is 3.06. The number of anilines is 1. The summed E-state index contributed by atoms with van der Waals surface area (Å²) >= 11 is 5.74. The van der Waals surface area contributed by atoms with Crippen LogP contribution in [0.15, 0.2) is 24.3 Å². The minimum Gasteiger partial charge on any atom is -0.462 e. The Bertz CT molecular complexity index is 622. The third-order valence-corrected chi connectivity index (χ3v) is 3.85. The van der Waals surface area contributed by atoms with Gasteiger partial charge in [-0.25, -0.2) is 4.79 Å². The zero-order valence-electron chi connectivity index (χ0n) is 11.4. The molecule has 1 N–H and O–H groups in total. The molecule has 5 nitrogen and oxygen atoms in total. The Morgan fingerprint density at radius 1 is 1.25 bits per heavy atom. The first kappa shape index (κ1) is 16.5. The fourth-order valence-electron chi connectivity index (χ4n) is 1.43. The van der Waals surface area contributed by atoms with Crippen LogP contribution in [0.3, 0.4) is 0 Å². The summed E-state index contributed by atoms with van der Waals surface area (Å²) in [6.45, 7) is 1.71. The normalized spacial score (nSPS) is 10.8. The average Bonchev–Trinajstić information content (AvgIpc) is 2.30. The second-order valence-electron chi connectivity index (χ2n) is 4.24. The van der Waals surface area contributed by atoms with Gasteiger partial charge in [0.2, 0.25) is 0 Å². The van der Waals surface area contributed by atoms with E-state index in [1.165, 1.54) is 12.5 Å². The summed E-state index contributed by atoms with van der Waals surface area (Å²) in [7, 11) is -2.76. The van der Waals surface area contributed by atoms with Gasteiger partial charge in [-0.1, -0.05) is 11.6 Å². The van der Waals surface area contributed by atoms with Gasteiger partial charge in [0.05, 0.1) is 6.61 Å². The summed E-state index contributed by atoms with van der Waals surface area (Å²) in [6.07, 6.45) is 2.64. The number of ether oxygens (including phenoxy) is 1. The molecular weight excluding hydrogens is 302 g/mol. The molecule has 0 aliphatic heterocycles. The highest BCUT2D eigenvalue weighted by Gasteiger charge is 2.25. The number of rotatable bonds is 4. The topological polar surface area (TPSA) is 72.5 Å². The molecule has 110 valence electrons. The van der Waals surface area contributed by atoms with E-state index in [2.05, 4.69) is 5.32 Å². The van der Waals surface area contributed by atoms with E-state index in [9.17, 15) is 13.8 Å². The Labute approximate surface area is 123 Å². The molecule has 1 rings (SSSR count). The lowest BCUT2D eigenvalue weighted by atomic mass is 10.3. The van der Waals surface area contributed by atoms with Crippen LogP contribution in [0, 0.1) is 0 Å². The number of carbonyl (C=O) groups excluding carboxylic acids is 2. The van der Waals surface area contributed by atoms with Gasteiger partial charge in [-0.15, -0.1) is 0 Å². The number of nitrogens with one attached hydrogen (secondary N) is 1. The van der Waals surface area contributed by atoms with Crippen LogP contribution in [0.4, 0.5) is 5.69 Å². The van der Waals surface area contributed by atoms with E-state index < -0.39 is 21.4 Å². The van der Waals surface area contributed by atoms with E-state index in [1.807, 2.05) is 0 Å². The molecule has 1 aromatic rings. The maximum absolute atomic E-state index is 12.1. The number of carbonyl (C=O) groups is 2. The van der Waals surface area contributed by atoms with Gasteiger partial charge in [0, 0.05) is 23.2 Å². The number of benzene rings is 1. The first-order chi connectivity index (χ1) is 9.25. The minimum absolute atomic E-state index is 0.103. The molecule has 0 bridgehead atoms. The molecular formula is C13H16ClNO4S. The van der Waals surface area contributed by atoms with Crippen LogP contribution in [0.2, 0.25) is 5.02 Å². The van der Waals surface area contributed by atoms with E-state index >= 15 is 0 Å². The van der Waals surface area contributed by atoms with Gasteiger partial charge in [0.25, 0.3) is 5.91 Å². The molecule has 0 atom stereocenters. The van der Waals surface area contributed by atoms with Crippen LogP contribution in [0.5, 0.6) is 0 Å². The molecule has 0 fully saturated rings. The first-order valence-electron chi connectivity index (χ1n) is 5.81. The lowest BCUT2D eigenvalue weighted by Crippen LogP contribution is -2.36. The van der Waals surface area contributed by atoms with Crippen molar-refractivity contribution in [3.63, 3.8) is 0 Å². The van der Waals surface area contributed by atoms with Gasteiger partial charge in [-0.2, -0.15) is 0 Å². The Morgan fingerprint density at radius 2 is 1.80 bits per heavy atom. The lowest BCUT2D eigenvalue weighted by Gasteiger charge is -2.10. The number of halogens is 1. The zero-order valence-corrected chi connectivity index (χ0v) is 13.0. The van der Waals surface area contributed by atoms with Crippen LogP contribution in [-0.2, 0) is 23.8 Å². The van der Waals surface area contributed by atoms with Crippen molar-refractivity contribution in [1.82, 2.24) is 0 Å². The summed E-state index contributed by atoms with van der Waals surface area (Å²) in [4.78, 5) is 23.5. The first-order valence-corrected chi connectivity index (χ1v) is 8.56. The smallest absolute Gasteiger partial charge is 0.351 e. The number of esters is 1. The average molecular weight is 318 g/mol. The van der Waals surface area contributed by atoms with E-state index in [4.69, 9.17) is 16.3 Å². The molecule has 0 aromatic heterocycles. The number of amides is 1. The van der Waals surface area contributed by atoms with Gasteiger partial charge in [0.15, 0.2) is 4.86 Å². The quantitative estimate of drug-likeness (QED) is 0.519. The van der Waals surface area contributed by atoms with Crippen LogP contribution in [0.1, 0.15) is 6.92 Å². The Hall–Kier alpha value is -1.53. The van der Waals surface area contributed by atoms with Crippen molar-refractivity contribution < 1.29 is 18.5 Å². The fraction of sp³-hybridized carbons (Fsp3) is 0.308. The van der Waals surface area contributed by atoms with E-state index in [0.717, 1.165) is 0 Å². The van der Waals surface area contributed by atoms with Crippen molar-refractivity contribution in [2.24, 2.45) is 0 Å². The van der Waals surface area contributed by atoms with Crippen molar-refractivity contribution in [3.8, 4) is 0 Å². The van der Waals surface area contributed by atoms with Crippen LogP contribution in [0.25, 0.3) is 0 Å². The molecule has 0 radical (unpaired) electrons. The van der Waals surface area contributed by atoms with Crippen molar-refractivity contribution in [2.45, 2.75) is 6.92 Å². The van der Waals surface area contributed by atoms with Crippen molar-refractivity contribution in [2.75, 3.05) is 24.4 Å². The summed E-state index contributed by atoms with van der Waals surface area (Å²) in [5.41, 5.74) is 0.449. The standard InChI is InChI=1S/C13H16ClNO4S/c1-4-19-13(17)11(20(2,3)18)12(16)15-10-7-5-9(14)6-8-10/h5-8H,4H2,1-3H3,(H,15,16). The van der Waals surface area contributed by atoms with E-state index in [0.29, 0.717) is 10.7 Å². The molecule has 0 saturated heterocycles. The highest BCUT2D eigenvalue weighted by atomic mass is 35.5. The zero-order chi connectivity index (χ0) is 15.3. The Morgan fingerprint density at radius 3 is 2.25 bits per heavy atom. The highest BCUT2D eigenvalue weighted by Crippen LogP contribution is 2.13. The molecule has 20 heavy (non-hydrogen) atoms. The molecule has 1 aromatic carbocycles. The van der Waals surface area contributed by atoms with Crippen LogP contribution < -0.4 is 5.32 Å². The molecule has 0 unspecified atom stereocenters. The second kappa shape index (κ2) is 6.76. The summed E-state index contributed by atoms with van der Waals surface area (Å²) in [5.74, 6) is -1.60. The molecule has 7 heteroatoms. The number of hydrogen-bond acceptors (Lipinski definition) is 4. The maximum Gasteiger partial charge on any atom is 0.351 e.